The number of pyridine rings is 1. The number of rotatable bonds is 6. The number of amides is 1. The first-order valence-electron chi connectivity index (χ1n) is 6.24. The summed E-state index contributed by atoms with van der Waals surface area (Å²) in [6.45, 7) is 7.06. The number of nitrogens with one attached hydrogen (secondary N) is 1. The third kappa shape index (κ3) is 3.70. The summed E-state index contributed by atoms with van der Waals surface area (Å²) >= 11 is 0. The first kappa shape index (κ1) is 14.4. The summed E-state index contributed by atoms with van der Waals surface area (Å²) in [4.78, 5) is 17.7. The van der Waals surface area contributed by atoms with Gasteiger partial charge in [0.05, 0.1) is 12.6 Å². The van der Waals surface area contributed by atoms with Crippen molar-refractivity contribution in [1.29, 1.82) is 0 Å². The summed E-state index contributed by atoms with van der Waals surface area (Å²) < 4.78 is 0. The number of aliphatic hydroxyl groups excluding tert-OH is 1. The lowest BCUT2D eigenvalue weighted by atomic mass is 10.1. The highest BCUT2D eigenvalue weighted by Crippen LogP contribution is 2.23. The van der Waals surface area contributed by atoms with Crippen LogP contribution in [0, 0.1) is 0 Å². The molecule has 0 saturated heterocycles. The number of hydrogen-bond acceptors (Lipinski definition) is 4. The highest BCUT2D eigenvalue weighted by Gasteiger charge is 2.16. The quantitative estimate of drug-likeness (QED) is 0.794. The largest absolute Gasteiger partial charge is 0.389 e. The maximum Gasteiger partial charge on any atom is 0.239 e. The van der Waals surface area contributed by atoms with Crippen LogP contribution in [0.3, 0.4) is 0 Å². The van der Waals surface area contributed by atoms with Gasteiger partial charge < -0.3 is 15.3 Å². The molecule has 5 nitrogen and oxygen atoms in total. The SMILES string of the molecule is CCNC(=O)CN(CC)c1ncccc1C(C)O. The van der Waals surface area contributed by atoms with Crippen molar-refractivity contribution in [2.75, 3.05) is 24.5 Å². The molecule has 100 valence electrons. The van der Waals surface area contributed by atoms with Crippen LogP contribution < -0.4 is 10.2 Å². The van der Waals surface area contributed by atoms with Crippen molar-refractivity contribution in [1.82, 2.24) is 10.3 Å². The number of aliphatic hydroxyl groups is 1. The molecule has 0 bridgehead atoms. The van der Waals surface area contributed by atoms with Gasteiger partial charge in [0.25, 0.3) is 0 Å². The van der Waals surface area contributed by atoms with Crippen LogP contribution in [0.1, 0.15) is 32.4 Å². The van der Waals surface area contributed by atoms with E-state index in [2.05, 4.69) is 10.3 Å². The zero-order valence-electron chi connectivity index (χ0n) is 11.2. The fourth-order valence-electron chi connectivity index (χ4n) is 1.76. The second-order valence-electron chi connectivity index (χ2n) is 4.06. The monoisotopic (exact) mass is 251 g/mol. The molecule has 0 saturated carbocycles. The molecule has 1 unspecified atom stereocenters. The number of aromatic nitrogens is 1. The van der Waals surface area contributed by atoms with E-state index in [1.54, 1.807) is 19.2 Å². The van der Waals surface area contributed by atoms with Crippen LogP contribution in [0.5, 0.6) is 0 Å². The van der Waals surface area contributed by atoms with Gasteiger partial charge >= 0.3 is 0 Å². The van der Waals surface area contributed by atoms with Crippen LogP contribution in [0.25, 0.3) is 0 Å². The predicted octanol–water partition coefficient (Wildman–Crippen LogP) is 1.10. The Morgan fingerprint density at radius 3 is 2.83 bits per heavy atom. The van der Waals surface area contributed by atoms with E-state index in [-0.39, 0.29) is 12.5 Å². The maximum atomic E-state index is 11.6. The van der Waals surface area contributed by atoms with Gasteiger partial charge in [0.1, 0.15) is 5.82 Å². The fourth-order valence-corrected chi connectivity index (χ4v) is 1.76. The average molecular weight is 251 g/mol. The third-order valence-corrected chi connectivity index (χ3v) is 2.66. The fraction of sp³-hybridized carbons (Fsp3) is 0.538. The molecule has 0 aliphatic carbocycles. The standard InChI is InChI=1S/C13H21N3O2/c1-4-14-12(18)9-16(5-2)13-11(10(3)17)7-6-8-15-13/h6-8,10,17H,4-5,9H2,1-3H3,(H,14,18). The lowest BCUT2D eigenvalue weighted by molar-refractivity contribution is -0.119. The van der Waals surface area contributed by atoms with E-state index in [4.69, 9.17) is 0 Å². The zero-order valence-corrected chi connectivity index (χ0v) is 11.2. The lowest BCUT2D eigenvalue weighted by Gasteiger charge is -2.24. The molecule has 1 amide bonds. The van der Waals surface area contributed by atoms with Crippen LogP contribution in [0.4, 0.5) is 5.82 Å². The molecule has 0 aliphatic heterocycles. The molecule has 2 N–H and O–H groups in total. The van der Waals surface area contributed by atoms with Crippen LogP contribution >= 0.6 is 0 Å². The van der Waals surface area contributed by atoms with Gasteiger partial charge in [0, 0.05) is 24.8 Å². The van der Waals surface area contributed by atoms with Crippen molar-refractivity contribution in [3.8, 4) is 0 Å². The van der Waals surface area contributed by atoms with Crippen molar-refractivity contribution in [3.63, 3.8) is 0 Å². The van der Waals surface area contributed by atoms with Crippen molar-refractivity contribution >= 4 is 11.7 Å². The van der Waals surface area contributed by atoms with E-state index in [1.165, 1.54) is 0 Å². The molecule has 18 heavy (non-hydrogen) atoms. The van der Waals surface area contributed by atoms with E-state index in [9.17, 15) is 9.90 Å². The topological polar surface area (TPSA) is 65.5 Å². The molecule has 0 fully saturated rings. The maximum absolute atomic E-state index is 11.6. The summed E-state index contributed by atoms with van der Waals surface area (Å²) in [5.41, 5.74) is 0.739. The molecule has 5 heteroatoms. The van der Waals surface area contributed by atoms with Gasteiger partial charge in [-0.1, -0.05) is 6.07 Å². The highest BCUT2D eigenvalue weighted by atomic mass is 16.3. The summed E-state index contributed by atoms with van der Waals surface area (Å²) in [5, 5.41) is 12.5. The smallest absolute Gasteiger partial charge is 0.239 e. The van der Waals surface area contributed by atoms with Gasteiger partial charge in [-0.25, -0.2) is 4.98 Å². The molecule has 0 aromatic carbocycles. The van der Waals surface area contributed by atoms with Gasteiger partial charge in [0.2, 0.25) is 5.91 Å². The van der Waals surface area contributed by atoms with Crippen LogP contribution in [-0.4, -0.2) is 35.6 Å². The minimum absolute atomic E-state index is 0.0402. The van der Waals surface area contributed by atoms with Crippen molar-refractivity contribution in [2.45, 2.75) is 26.9 Å². The first-order chi connectivity index (χ1) is 8.60. The van der Waals surface area contributed by atoms with E-state index in [0.717, 1.165) is 5.56 Å². The minimum atomic E-state index is -0.600. The molecule has 1 atom stereocenters. The van der Waals surface area contributed by atoms with E-state index in [0.29, 0.717) is 18.9 Å². The average Bonchev–Trinajstić information content (AvgIpc) is 2.36. The molecule has 1 aromatic rings. The van der Waals surface area contributed by atoms with E-state index < -0.39 is 6.10 Å². The highest BCUT2D eigenvalue weighted by molar-refractivity contribution is 5.81. The zero-order chi connectivity index (χ0) is 13.5. The molecule has 1 aromatic heterocycles. The Balaban J connectivity index is 2.91. The summed E-state index contributed by atoms with van der Waals surface area (Å²) in [6, 6.07) is 3.61. The Bertz CT molecular complexity index is 394. The second kappa shape index (κ2) is 6.96. The summed E-state index contributed by atoms with van der Waals surface area (Å²) in [5.74, 6) is 0.628. The normalized spacial score (nSPS) is 12.0. The lowest BCUT2D eigenvalue weighted by Crippen LogP contribution is -2.38. The molecule has 0 radical (unpaired) electrons. The summed E-state index contributed by atoms with van der Waals surface area (Å²) in [6.07, 6.45) is 1.07. The predicted molar refractivity (Wildman–Crippen MR) is 71.4 cm³/mol. The number of nitrogens with zero attached hydrogens (tertiary/aromatic N) is 2. The van der Waals surface area contributed by atoms with Gasteiger partial charge in [-0.05, 0) is 26.8 Å². The van der Waals surface area contributed by atoms with Crippen molar-refractivity contribution < 1.29 is 9.90 Å². The van der Waals surface area contributed by atoms with Gasteiger partial charge in [0.15, 0.2) is 0 Å². The molecular formula is C13H21N3O2. The number of hydrogen-bond donors (Lipinski definition) is 2. The van der Waals surface area contributed by atoms with Gasteiger partial charge in [-0.3, -0.25) is 4.79 Å². The molecule has 0 aliphatic rings. The van der Waals surface area contributed by atoms with Crippen LogP contribution in [0.15, 0.2) is 18.3 Å². The molecule has 1 heterocycles. The number of carbonyl (C=O) groups excluding carboxylic acids is 1. The number of carbonyl (C=O) groups is 1. The Kier molecular flexibility index (Phi) is 5.58. The van der Waals surface area contributed by atoms with Crippen molar-refractivity contribution in [3.05, 3.63) is 23.9 Å². The second-order valence-corrected chi connectivity index (χ2v) is 4.06. The minimum Gasteiger partial charge on any atom is -0.389 e. The molecular weight excluding hydrogens is 230 g/mol. The van der Waals surface area contributed by atoms with Crippen LogP contribution in [0.2, 0.25) is 0 Å². The van der Waals surface area contributed by atoms with Crippen molar-refractivity contribution in [2.24, 2.45) is 0 Å². The Morgan fingerprint density at radius 1 is 1.56 bits per heavy atom. The first-order valence-corrected chi connectivity index (χ1v) is 6.24. The van der Waals surface area contributed by atoms with Gasteiger partial charge in [-0.2, -0.15) is 0 Å². The number of anilines is 1. The number of likely N-dealkylation sites (N-methyl/N-ethyl adjacent to an activating group) is 2. The Morgan fingerprint density at radius 2 is 2.28 bits per heavy atom. The van der Waals surface area contributed by atoms with Crippen LogP contribution in [-0.2, 0) is 4.79 Å². The van der Waals surface area contributed by atoms with E-state index >= 15 is 0 Å². The van der Waals surface area contributed by atoms with Gasteiger partial charge in [-0.15, -0.1) is 0 Å². The molecule has 0 spiro atoms. The van der Waals surface area contributed by atoms with E-state index in [1.807, 2.05) is 24.8 Å². The Labute approximate surface area is 108 Å². The summed E-state index contributed by atoms with van der Waals surface area (Å²) in [7, 11) is 0. The Hall–Kier alpha value is -1.62. The third-order valence-electron chi connectivity index (χ3n) is 2.66. The molecule has 1 rings (SSSR count).